The lowest BCUT2D eigenvalue weighted by molar-refractivity contribution is 0.0597. The van der Waals surface area contributed by atoms with Crippen LogP contribution in [-0.2, 0) is 21.4 Å². The third-order valence-corrected chi connectivity index (χ3v) is 10.1. The zero-order chi connectivity index (χ0) is 30.5. The number of rotatable bonds is 15. The quantitative estimate of drug-likeness (QED) is 0.146. The topological polar surface area (TPSA) is 70.2 Å². The fourth-order valence-corrected chi connectivity index (χ4v) is 6.93. The first-order valence-corrected chi connectivity index (χ1v) is 16.7. The summed E-state index contributed by atoms with van der Waals surface area (Å²) in [5.74, 6) is 0.0609. The van der Waals surface area contributed by atoms with E-state index in [2.05, 4.69) is 23.6 Å². The molecular formula is C35H45N3O4S. The van der Waals surface area contributed by atoms with Crippen LogP contribution in [-0.4, -0.2) is 74.4 Å². The number of allylic oxidation sites excluding steroid dienone is 1. The van der Waals surface area contributed by atoms with E-state index in [4.69, 9.17) is 4.74 Å². The molecule has 1 aliphatic rings. The molecule has 8 heteroatoms. The number of sulfonamides is 1. The molecule has 3 aromatic carbocycles. The second-order valence-electron chi connectivity index (χ2n) is 11.2. The SMILES string of the molecule is C=CCCCN(C(=O)OCc1ccccc1)C1CCN(CC[C@H](CN(C)S(=O)(=O)c2ccccc2)c2ccccc2)CC1. The van der Waals surface area contributed by atoms with Crippen LogP contribution in [0.25, 0.3) is 0 Å². The van der Waals surface area contributed by atoms with Gasteiger partial charge in [-0.2, -0.15) is 0 Å². The highest BCUT2D eigenvalue weighted by Gasteiger charge is 2.30. The van der Waals surface area contributed by atoms with Gasteiger partial charge in [0.25, 0.3) is 0 Å². The van der Waals surface area contributed by atoms with Gasteiger partial charge in [-0.25, -0.2) is 17.5 Å². The Kier molecular flexibility index (Phi) is 12.4. The van der Waals surface area contributed by atoms with Crippen molar-refractivity contribution in [3.05, 3.63) is 115 Å². The minimum Gasteiger partial charge on any atom is -0.445 e. The maximum absolute atomic E-state index is 13.2. The molecule has 0 spiro atoms. The highest BCUT2D eigenvalue weighted by molar-refractivity contribution is 7.89. The molecule has 0 radical (unpaired) electrons. The molecule has 7 nitrogen and oxygen atoms in total. The van der Waals surface area contributed by atoms with Gasteiger partial charge in [-0.15, -0.1) is 6.58 Å². The van der Waals surface area contributed by atoms with E-state index in [0.717, 1.165) is 62.9 Å². The molecule has 1 aliphatic heterocycles. The van der Waals surface area contributed by atoms with Gasteiger partial charge in [0.2, 0.25) is 10.0 Å². The average molecular weight is 604 g/mol. The van der Waals surface area contributed by atoms with Gasteiger partial charge in [-0.05, 0) is 67.8 Å². The molecule has 1 amide bonds. The van der Waals surface area contributed by atoms with Crippen molar-refractivity contribution in [1.82, 2.24) is 14.1 Å². The molecule has 0 aromatic heterocycles. The lowest BCUT2D eigenvalue weighted by Gasteiger charge is -2.38. The maximum Gasteiger partial charge on any atom is 0.410 e. The smallest absolute Gasteiger partial charge is 0.410 e. The first-order valence-electron chi connectivity index (χ1n) is 15.3. The Balaban J connectivity index is 1.34. The standard InChI is InChI=1S/C35H45N3O4S/c1-3-4-14-24-38(35(39)42-29-30-15-8-5-9-16-30)33-22-26-37(27-23-33)25-21-32(31-17-10-6-11-18-31)28-36(2)43(40,41)34-19-12-7-13-20-34/h3,5-13,15-20,32-33H,1,4,14,21-29H2,2H3/t32-/m1/s1. The summed E-state index contributed by atoms with van der Waals surface area (Å²) in [5, 5.41) is 0. The Hall–Kier alpha value is -3.46. The second-order valence-corrected chi connectivity index (χ2v) is 13.3. The summed E-state index contributed by atoms with van der Waals surface area (Å²) in [6.45, 7) is 7.78. The van der Waals surface area contributed by atoms with Crippen molar-refractivity contribution < 1.29 is 17.9 Å². The van der Waals surface area contributed by atoms with Gasteiger partial charge in [0.1, 0.15) is 6.61 Å². The van der Waals surface area contributed by atoms with Gasteiger partial charge in [0.15, 0.2) is 0 Å². The molecule has 3 aromatic rings. The first kappa shape index (κ1) is 32.5. The maximum atomic E-state index is 13.2. The molecule has 1 heterocycles. The van der Waals surface area contributed by atoms with E-state index >= 15 is 0 Å². The van der Waals surface area contributed by atoms with E-state index in [1.165, 1.54) is 4.31 Å². The number of likely N-dealkylation sites (tertiary alicyclic amines) is 1. The van der Waals surface area contributed by atoms with E-state index in [0.29, 0.717) is 18.0 Å². The Labute approximate surface area is 257 Å². The number of benzene rings is 3. The largest absolute Gasteiger partial charge is 0.445 e. The van der Waals surface area contributed by atoms with Crippen molar-refractivity contribution in [3.8, 4) is 0 Å². The number of carbonyl (C=O) groups is 1. The Morgan fingerprint density at radius 1 is 0.977 bits per heavy atom. The summed E-state index contributed by atoms with van der Waals surface area (Å²) >= 11 is 0. The second kappa shape index (κ2) is 16.4. The number of amides is 1. The normalized spacial score (nSPS) is 15.2. The summed E-state index contributed by atoms with van der Waals surface area (Å²) in [5.41, 5.74) is 2.12. The van der Waals surface area contributed by atoms with E-state index in [9.17, 15) is 13.2 Å². The predicted octanol–water partition coefficient (Wildman–Crippen LogP) is 6.55. The highest BCUT2D eigenvalue weighted by Crippen LogP contribution is 2.26. The van der Waals surface area contributed by atoms with Crippen LogP contribution >= 0.6 is 0 Å². The summed E-state index contributed by atoms with van der Waals surface area (Å²) in [7, 11) is -1.91. The molecule has 230 valence electrons. The van der Waals surface area contributed by atoms with E-state index in [1.807, 2.05) is 65.6 Å². The minimum atomic E-state index is -3.58. The zero-order valence-electron chi connectivity index (χ0n) is 25.3. The summed E-state index contributed by atoms with van der Waals surface area (Å²) in [4.78, 5) is 17.8. The molecule has 1 atom stereocenters. The van der Waals surface area contributed by atoms with Gasteiger partial charge in [-0.1, -0.05) is 84.9 Å². The number of hydrogen-bond acceptors (Lipinski definition) is 5. The van der Waals surface area contributed by atoms with Crippen LogP contribution in [0.1, 0.15) is 49.1 Å². The Morgan fingerprint density at radius 3 is 2.21 bits per heavy atom. The molecule has 1 saturated heterocycles. The summed E-state index contributed by atoms with van der Waals surface area (Å²) in [6, 6.07) is 28.7. The fourth-order valence-electron chi connectivity index (χ4n) is 5.69. The molecule has 0 N–H and O–H groups in total. The van der Waals surface area contributed by atoms with Crippen LogP contribution in [0.15, 0.2) is 109 Å². The average Bonchev–Trinajstić information content (AvgIpc) is 3.05. The predicted molar refractivity (Wildman–Crippen MR) is 172 cm³/mol. The van der Waals surface area contributed by atoms with Crippen molar-refractivity contribution in [1.29, 1.82) is 0 Å². The Bertz CT molecular complexity index is 1360. The number of unbranched alkanes of at least 4 members (excludes halogenated alkanes) is 1. The monoisotopic (exact) mass is 603 g/mol. The summed E-state index contributed by atoms with van der Waals surface area (Å²) < 4.78 is 33.7. The van der Waals surface area contributed by atoms with E-state index in [-0.39, 0.29) is 24.7 Å². The lowest BCUT2D eigenvalue weighted by atomic mass is 9.94. The number of carbonyl (C=O) groups excluding carboxylic acids is 1. The first-order chi connectivity index (χ1) is 20.9. The molecule has 1 fully saturated rings. The number of hydrogen-bond donors (Lipinski definition) is 0. The summed E-state index contributed by atoms with van der Waals surface area (Å²) in [6.07, 6.45) is 5.96. The third-order valence-electron chi connectivity index (χ3n) is 8.24. The van der Waals surface area contributed by atoms with E-state index < -0.39 is 10.0 Å². The van der Waals surface area contributed by atoms with Crippen LogP contribution in [0.3, 0.4) is 0 Å². The zero-order valence-corrected chi connectivity index (χ0v) is 26.1. The van der Waals surface area contributed by atoms with E-state index in [1.54, 1.807) is 31.3 Å². The lowest BCUT2D eigenvalue weighted by Crippen LogP contribution is -2.48. The van der Waals surface area contributed by atoms with Gasteiger partial charge in [0.05, 0.1) is 4.90 Å². The van der Waals surface area contributed by atoms with Gasteiger partial charge >= 0.3 is 6.09 Å². The number of likely N-dealkylation sites (N-methyl/N-ethyl adjacent to an activating group) is 1. The van der Waals surface area contributed by atoms with Gasteiger partial charge < -0.3 is 14.5 Å². The van der Waals surface area contributed by atoms with Gasteiger partial charge in [-0.3, -0.25) is 0 Å². The minimum absolute atomic E-state index is 0.0609. The van der Waals surface area contributed by atoms with Crippen molar-refractivity contribution >= 4 is 16.1 Å². The highest BCUT2D eigenvalue weighted by atomic mass is 32.2. The number of ether oxygens (including phenoxy) is 1. The molecule has 0 unspecified atom stereocenters. The van der Waals surface area contributed by atoms with Crippen molar-refractivity contribution in [3.63, 3.8) is 0 Å². The van der Waals surface area contributed by atoms with Crippen molar-refractivity contribution in [2.75, 3.05) is 39.8 Å². The molecule has 0 saturated carbocycles. The molecule has 0 aliphatic carbocycles. The van der Waals surface area contributed by atoms with Crippen molar-refractivity contribution in [2.45, 2.75) is 55.6 Å². The van der Waals surface area contributed by atoms with Crippen LogP contribution < -0.4 is 0 Å². The van der Waals surface area contributed by atoms with Crippen LogP contribution in [0.2, 0.25) is 0 Å². The van der Waals surface area contributed by atoms with Crippen LogP contribution in [0, 0.1) is 0 Å². The number of nitrogens with zero attached hydrogens (tertiary/aromatic N) is 3. The van der Waals surface area contributed by atoms with Crippen LogP contribution in [0.5, 0.6) is 0 Å². The molecule has 43 heavy (non-hydrogen) atoms. The molecule has 0 bridgehead atoms. The molecule has 4 rings (SSSR count). The fraction of sp³-hybridized carbons (Fsp3) is 0.400. The molecular weight excluding hydrogens is 558 g/mol. The van der Waals surface area contributed by atoms with Gasteiger partial charge in [0, 0.05) is 39.3 Å². The van der Waals surface area contributed by atoms with Crippen molar-refractivity contribution in [2.24, 2.45) is 0 Å². The van der Waals surface area contributed by atoms with Crippen LogP contribution in [0.4, 0.5) is 4.79 Å². The Morgan fingerprint density at radius 2 is 1.58 bits per heavy atom. The number of piperidine rings is 1. The third kappa shape index (κ3) is 9.51.